The third-order valence-corrected chi connectivity index (χ3v) is 0.129. The van der Waals surface area contributed by atoms with E-state index in [1.165, 1.54) is 0 Å². The molecule has 46 valence electrons. The minimum Gasteiger partial charge on any atom is -0.395 e. The van der Waals surface area contributed by atoms with E-state index in [0.29, 0.717) is 6.54 Å². The molecule has 6 N–H and O–H groups in total. The summed E-state index contributed by atoms with van der Waals surface area (Å²) in [4.78, 5) is 0. The van der Waals surface area contributed by atoms with Gasteiger partial charge >= 0.3 is 0 Å². The molecule has 0 aromatic rings. The van der Waals surface area contributed by atoms with Gasteiger partial charge in [0.25, 0.3) is 0 Å². The fraction of sp³-hybridized carbons (Fsp3) is 1.00. The molecule has 0 saturated carbocycles. The quantitative estimate of drug-likeness (QED) is 0.231. The Morgan fingerprint density at radius 1 is 1.71 bits per heavy atom. The van der Waals surface area contributed by atoms with Crippen LogP contribution in [0.4, 0.5) is 0 Å². The Morgan fingerprint density at radius 3 is 1.86 bits per heavy atom. The lowest BCUT2D eigenvalue weighted by molar-refractivity contribution is 0.306. The lowest BCUT2D eigenvalue weighted by Gasteiger charge is -1.71. The zero-order valence-electron chi connectivity index (χ0n) is 4.52. The number of hydrogen-bond acceptors (Lipinski definition) is 4. The van der Waals surface area contributed by atoms with E-state index in [-0.39, 0.29) is 6.61 Å². The smallest absolute Gasteiger partial charge is 0.0553 e. The molecule has 0 aromatic heterocycles. The normalized spacial score (nSPS) is 6.86. The summed E-state index contributed by atoms with van der Waals surface area (Å²) in [6.45, 7) is 0.472. The summed E-state index contributed by atoms with van der Waals surface area (Å²) in [5, 5.41) is 7.75. The lowest BCUT2D eigenvalue weighted by atomic mass is 10.8. The largest absolute Gasteiger partial charge is 0.395 e. The van der Waals surface area contributed by atoms with E-state index in [4.69, 9.17) is 10.8 Å². The van der Waals surface area contributed by atoms with Gasteiger partial charge in [-0.05, 0) is 7.05 Å². The summed E-state index contributed by atoms with van der Waals surface area (Å²) in [6.07, 6.45) is 0. The van der Waals surface area contributed by atoms with Crippen LogP contribution in [-0.4, -0.2) is 25.3 Å². The molecule has 0 amide bonds. The van der Waals surface area contributed by atoms with Crippen LogP contribution in [0.1, 0.15) is 0 Å². The third kappa shape index (κ3) is 122. The number of hydrazine groups is 1. The van der Waals surface area contributed by atoms with Gasteiger partial charge in [-0.2, -0.15) is 0 Å². The van der Waals surface area contributed by atoms with E-state index in [0.717, 1.165) is 0 Å². The van der Waals surface area contributed by atoms with Crippen molar-refractivity contribution in [2.75, 3.05) is 20.2 Å². The molecule has 0 saturated heterocycles. The van der Waals surface area contributed by atoms with E-state index in [2.05, 4.69) is 11.3 Å². The van der Waals surface area contributed by atoms with Crippen molar-refractivity contribution in [3.8, 4) is 0 Å². The van der Waals surface area contributed by atoms with E-state index >= 15 is 0 Å². The van der Waals surface area contributed by atoms with Gasteiger partial charge in [0.15, 0.2) is 0 Å². The number of rotatable bonds is 1. The van der Waals surface area contributed by atoms with Crippen LogP contribution in [0.2, 0.25) is 0 Å². The number of nitrogens with two attached hydrogens (primary N) is 2. The third-order valence-electron chi connectivity index (χ3n) is 0.129. The molecule has 0 aromatic carbocycles. The molecule has 7 heavy (non-hydrogen) atoms. The predicted molar refractivity (Wildman–Crippen MR) is 29.4 cm³/mol. The summed E-state index contributed by atoms with van der Waals surface area (Å²) in [6, 6.07) is 0. The molecule has 0 aliphatic rings. The number of aliphatic hydroxyl groups is 1. The van der Waals surface area contributed by atoms with Gasteiger partial charge in [-0.3, -0.25) is 11.3 Å². The first-order valence-corrected chi connectivity index (χ1v) is 2.01. The summed E-state index contributed by atoms with van der Waals surface area (Å²) >= 11 is 0. The van der Waals surface area contributed by atoms with Gasteiger partial charge in [0, 0.05) is 6.54 Å². The first-order chi connectivity index (χ1) is 3.33. The molecule has 0 atom stereocenters. The molecule has 4 nitrogen and oxygen atoms in total. The lowest BCUT2D eigenvalue weighted by Crippen LogP contribution is -2.13. The van der Waals surface area contributed by atoms with Gasteiger partial charge in [-0.1, -0.05) is 0 Å². The molecular formula is C3H13N3O. The Morgan fingerprint density at radius 2 is 1.86 bits per heavy atom. The van der Waals surface area contributed by atoms with Gasteiger partial charge in [0.05, 0.1) is 6.61 Å². The maximum absolute atomic E-state index is 7.75. The second-order valence-electron chi connectivity index (χ2n) is 0.801. The first-order valence-electron chi connectivity index (χ1n) is 2.01. The van der Waals surface area contributed by atoms with Gasteiger partial charge in [-0.15, -0.1) is 0 Å². The fourth-order valence-corrected chi connectivity index (χ4v) is 0. The molecule has 0 radical (unpaired) electrons. The molecule has 0 unspecified atom stereocenters. The molecule has 0 aliphatic heterocycles. The average Bonchev–Trinajstić information content (AvgIpc) is 1.69. The molecule has 0 bridgehead atoms. The van der Waals surface area contributed by atoms with Crippen LogP contribution in [0, 0.1) is 0 Å². The van der Waals surface area contributed by atoms with E-state index in [1.807, 2.05) is 0 Å². The molecule has 0 fully saturated rings. The zero-order chi connectivity index (χ0) is 6.12. The van der Waals surface area contributed by atoms with E-state index in [1.54, 1.807) is 7.05 Å². The van der Waals surface area contributed by atoms with Crippen molar-refractivity contribution in [1.82, 2.24) is 5.43 Å². The summed E-state index contributed by atoms with van der Waals surface area (Å²) in [5.41, 5.74) is 7.03. The van der Waals surface area contributed by atoms with Crippen LogP contribution in [0.15, 0.2) is 0 Å². The van der Waals surface area contributed by atoms with Crippen LogP contribution in [-0.2, 0) is 0 Å². The van der Waals surface area contributed by atoms with Crippen LogP contribution in [0.3, 0.4) is 0 Å². The van der Waals surface area contributed by atoms with Crippen LogP contribution >= 0.6 is 0 Å². The number of hydrogen-bond donors (Lipinski definition) is 4. The maximum Gasteiger partial charge on any atom is 0.0553 e. The first kappa shape index (κ1) is 9.96. The average molecular weight is 107 g/mol. The summed E-state index contributed by atoms with van der Waals surface area (Å²) in [7, 11) is 1.65. The molecule has 4 heteroatoms. The SMILES string of the molecule is CNN.NCCO. The van der Waals surface area contributed by atoms with Crippen molar-refractivity contribution >= 4 is 0 Å². The molecule has 0 heterocycles. The fourth-order valence-electron chi connectivity index (χ4n) is 0. The van der Waals surface area contributed by atoms with Crippen molar-refractivity contribution in [2.24, 2.45) is 11.6 Å². The van der Waals surface area contributed by atoms with Crippen LogP contribution in [0.5, 0.6) is 0 Å². The Labute approximate surface area is 43.5 Å². The molecule has 0 spiro atoms. The highest BCUT2D eigenvalue weighted by Crippen LogP contribution is 1.33. The molecule has 0 aliphatic carbocycles. The highest BCUT2D eigenvalue weighted by atomic mass is 16.3. The summed E-state index contributed by atoms with van der Waals surface area (Å²) < 4.78 is 0. The minimum atomic E-state index is 0.0972. The van der Waals surface area contributed by atoms with E-state index in [9.17, 15) is 0 Å². The Kier molecular flexibility index (Phi) is 24.1. The second kappa shape index (κ2) is 17.0. The van der Waals surface area contributed by atoms with Gasteiger partial charge in [0.1, 0.15) is 0 Å². The highest BCUT2D eigenvalue weighted by molar-refractivity contribution is 4.17. The van der Waals surface area contributed by atoms with Crippen molar-refractivity contribution in [3.05, 3.63) is 0 Å². The topological polar surface area (TPSA) is 84.3 Å². The van der Waals surface area contributed by atoms with Crippen molar-refractivity contribution in [3.63, 3.8) is 0 Å². The predicted octanol–water partition coefficient (Wildman–Crippen LogP) is -1.98. The highest BCUT2D eigenvalue weighted by Gasteiger charge is 1.56. The summed E-state index contributed by atoms with van der Waals surface area (Å²) in [5.74, 6) is 4.60. The van der Waals surface area contributed by atoms with Crippen molar-refractivity contribution in [1.29, 1.82) is 0 Å². The van der Waals surface area contributed by atoms with Gasteiger partial charge < -0.3 is 10.8 Å². The van der Waals surface area contributed by atoms with Crippen LogP contribution in [0.25, 0.3) is 0 Å². The second-order valence-corrected chi connectivity index (χ2v) is 0.801. The zero-order valence-corrected chi connectivity index (χ0v) is 4.52. The van der Waals surface area contributed by atoms with E-state index < -0.39 is 0 Å². The Balaban J connectivity index is 0. The Hall–Kier alpha value is -0.160. The Bertz CT molecular complexity index is 17.7. The monoisotopic (exact) mass is 107 g/mol. The van der Waals surface area contributed by atoms with Gasteiger partial charge in [-0.25, -0.2) is 0 Å². The maximum atomic E-state index is 7.75. The minimum absolute atomic E-state index is 0.0972. The van der Waals surface area contributed by atoms with Crippen molar-refractivity contribution in [2.45, 2.75) is 0 Å². The van der Waals surface area contributed by atoms with Gasteiger partial charge in [0.2, 0.25) is 0 Å². The van der Waals surface area contributed by atoms with Crippen molar-refractivity contribution < 1.29 is 5.11 Å². The standard InChI is InChI=1S/C2H7NO.CH6N2/c3-1-2-4;1-3-2/h4H,1-3H2;3H,2H2,1H3. The number of nitrogens with one attached hydrogen (secondary N) is 1. The number of aliphatic hydroxyl groups excluding tert-OH is 1. The molecule has 0 rings (SSSR count). The van der Waals surface area contributed by atoms with Crippen LogP contribution < -0.4 is 17.0 Å². The molecular weight excluding hydrogens is 94.1 g/mol.